The maximum atomic E-state index is 12.6. The van der Waals surface area contributed by atoms with Crippen LogP contribution < -0.4 is 4.72 Å². The molecule has 0 aliphatic rings. The highest BCUT2D eigenvalue weighted by atomic mass is 32.2. The molecule has 0 saturated carbocycles. The van der Waals surface area contributed by atoms with Crippen LogP contribution in [-0.4, -0.2) is 38.1 Å². The topological polar surface area (TPSA) is 83.6 Å². The zero-order valence-corrected chi connectivity index (χ0v) is 18.0. The minimum absolute atomic E-state index is 0.0151. The van der Waals surface area contributed by atoms with E-state index in [0.29, 0.717) is 17.7 Å². The smallest absolute Gasteiger partial charge is 0.253 e. The van der Waals surface area contributed by atoms with Gasteiger partial charge in [0.1, 0.15) is 0 Å². The molecule has 0 radical (unpaired) electrons. The molecule has 0 aliphatic heterocycles. The molecule has 6 nitrogen and oxygen atoms in total. The normalized spacial score (nSPS) is 11.3. The van der Waals surface area contributed by atoms with Crippen LogP contribution in [0, 0.1) is 0 Å². The first-order chi connectivity index (χ1) is 13.8. The molecule has 0 aromatic heterocycles. The second kappa shape index (κ2) is 10.3. The van der Waals surface area contributed by atoms with E-state index in [1.807, 2.05) is 11.8 Å². The first-order valence-corrected chi connectivity index (χ1v) is 11.3. The molecular weight excluding hydrogens is 388 g/mol. The van der Waals surface area contributed by atoms with Crippen molar-refractivity contribution < 1.29 is 18.0 Å². The number of hydrogen-bond donors (Lipinski definition) is 1. The molecule has 2 rings (SSSR count). The third kappa shape index (κ3) is 6.24. The van der Waals surface area contributed by atoms with Crippen molar-refractivity contribution >= 4 is 21.7 Å². The van der Waals surface area contributed by atoms with Gasteiger partial charge in [-0.05, 0) is 50.1 Å². The van der Waals surface area contributed by atoms with E-state index in [2.05, 4.69) is 11.6 Å². The van der Waals surface area contributed by atoms with Gasteiger partial charge in [-0.2, -0.15) is 0 Å². The number of sulfonamides is 1. The van der Waals surface area contributed by atoms with Gasteiger partial charge in [0.15, 0.2) is 5.78 Å². The van der Waals surface area contributed by atoms with E-state index < -0.39 is 10.0 Å². The Bertz CT molecular complexity index is 936. The van der Waals surface area contributed by atoms with E-state index in [9.17, 15) is 18.0 Å². The predicted octanol–water partition coefficient (Wildman–Crippen LogP) is 3.63. The zero-order chi connectivity index (χ0) is 21.4. The summed E-state index contributed by atoms with van der Waals surface area (Å²) in [6.07, 6.45) is 1.99. The Kier molecular flexibility index (Phi) is 8.10. The van der Waals surface area contributed by atoms with Crippen molar-refractivity contribution in [2.45, 2.75) is 45.1 Å². The summed E-state index contributed by atoms with van der Waals surface area (Å²) in [7, 11) is -3.69. The average Bonchev–Trinajstić information content (AvgIpc) is 2.73. The number of nitrogens with zero attached hydrogens (tertiary/aromatic N) is 1. The minimum atomic E-state index is -3.69. The standard InChI is InChI=1S/C22H28N2O4S/c1-4-6-15-24(5-2)22(26)20-9-7-18(8-10-20)16-23-29(27,28)21-13-11-19(12-14-21)17(3)25/h7-14,23H,4-6,15-16H2,1-3H3. The van der Waals surface area contributed by atoms with Crippen molar-refractivity contribution in [3.8, 4) is 0 Å². The highest BCUT2D eigenvalue weighted by Gasteiger charge is 2.16. The first-order valence-electron chi connectivity index (χ1n) is 9.77. The molecule has 1 N–H and O–H groups in total. The molecule has 0 bridgehead atoms. The van der Waals surface area contributed by atoms with E-state index in [-0.39, 0.29) is 23.1 Å². The van der Waals surface area contributed by atoms with E-state index in [1.165, 1.54) is 31.2 Å². The number of hydrogen-bond acceptors (Lipinski definition) is 4. The van der Waals surface area contributed by atoms with E-state index in [4.69, 9.17) is 0 Å². The lowest BCUT2D eigenvalue weighted by Gasteiger charge is -2.20. The molecular formula is C22H28N2O4S. The van der Waals surface area contributed by atoms with Crippen LogP contribution in [0.3, 0.4) is 0 Å². The Morgan fingerprint density at radius 1 is 0.931 bits per heavy atom. The minimum Gasteiger partial charge on any atom is -0.339 e. The van der Waals surface area contributed by atoms with Crippen LogP contribution in [0.4, 0.5) is 0 Å². The van der Waals surface area contributed by atoms with Crippen LogP contribution in [0.5, 0.6) is 0 Å². The van der Waals surface area contributed by atoms with Gasteiger partial charge in [-0.15, -0.1) is 0 Å². The molecule has 0 aliphatic carbocycles. The van der Waals surface area contributed by atoms with Crippen molar-refractivity contribution in [1.82, 2.24) is 9.62 Å². The number of Topliss-reactive ketones (excluding diaryl/α,β-unsaturated/α-hetero) is 1. The fraction of sp³-hybridized carbons (Fsp3) is 0.364. The van der Waals surface area contributed by atoms with Crippen LogP contribution in [0.1, 0.15) is 59.9 Å². The molecule has 0 heterocycles. The first kappa shape index (κ1) is 22.8. The SMILES string of the molecule is CCCCN(CC)C(=O)c1ccc(CNS(=O)(=O)c2ccc(C(C)=O)cc2)cc1. The van der Waals surface area contributed by atoms with Gasteiger partial charge in [0, 0.05) is 30.8 Å². The second-order valence-corrected chi connectivity index (χ2v) is 8.61. The molecule has 0 saturated heterocycles. The van der Waals surface area contributed by atoms with Gasteiger partial charge in [-0.1, -0.05) is 37.6 Å². The molecule has 0 unspecified atom stereocenters. The van der Waals surface area contributed by atoms with Crippen molar-refractivity contribution in [3.05, 3.63) is 65.2 Å². The van der Waals surface area contributed by atoms with Gasteiger partial charge in [0.05, 0.1) is 4.90 Å². The number of nitrogens with one attached hydrogen (secondary N) is 1. The Hall–Kier alpha value is -2.51. The zero-order valence-electron chi connectivity index (χ0n) is 17.1. The highest BCUT2D eigenvalue weighted by molar-refractivity contribution is 7.89. The van der Waals surface area contributed by atoms with Crippen molar-refractivity contribution in [2.75, 3.05) is 13.1 Å². The molecule has 0 atom stereocenters. The molecule has 2 aromatic rings. The van der Waals surface area contributed by atoms with Gasteiger partial charge < -0.3 is 4.90 Å². The fourth-order valence-electron chi connectivity index (χ4n) is 2.83. The number of ketones is 1. The summed E-state index contributed by atoms with van der Waals surface area (Å²) >= 11 is 0. The molecule has 0 spiro atoms. The molecule has 156 valence electrons. The monoisotopic (exact) mass is 416 g/mol. The van der Waals surface area contributed by atoms with Crippen LogP contribution in [0.25, 0.3) is 0 Å². The van der Waals surface area contributed by atoms with Crippen LogP contribution in [0.15, 0.2) is 53.4 Å². The number of unbranched alkanes of at least 4 members (excludes halogenated alkanes) is 1. The largest absolute Gasteiger partial charge is 0.339 e. The lowest BCUT2D eigenvalue weighted by molar-refractivity contribution is 0.0762. The fourth-order valence-corrected chi connectivity index (χ4v) is 3.85. The molecule has 7 heteroatoms. The van der Waals surface area contributed by atoms with Gasteiger partial charge in [-0.3, -0.25) is 9.59 Å². The summed E-state index contributed by atoms with van der Waals surface area (Å²) in [5, 5.41) is 0. The molecule has 0 fully saturated rings. The average molecular weight is 417 g/mol. The van der Waals surface area contributed by atoms with Crippen LogP contribution in [-0.2, 0) is 16.6 Å². The van der Waals surface area contributed by atoms with E-state index in [1.54, 1.807) is 24.3 Å². The van der Waals surface area contributed by atoms with Gasteiger partial charge in [-0.25, -0.2) is 13.1 Å². The molecule has 1 amide bonds. The second-order valence-electron chi connectivity index (χ2n) is 6.84. The number of amides is 1. The third-order valence-corrected chi connectivity index (χ3v) is 6.11. The van der Waals surface area contributed by atoms with Gasteiger partial charge in [0.25, 0.3) is 5.91 Å². The van der Waals surface area contributed by atoms with E-state index >= 15 is 0 Å². The van der Waals surface area contributed by atoms with Gasteiger partial charge in [0.2, 0.25) is 10.0 Å². The van der Waals surface area contributed by atoms with Gasteiger partial charge >= 0.3 is 0 Å². The third-order valence-electron chi connectivity index (χ3n) is 4.69. The molecule has 2 aromatic carbocycles. The summed E-state index contributed by atoms with van der Waals surface area (Å²) in [5.74, 6) is -0.133. The lowest BCUT2D eigenvalue weighted by atomic mass is 10.1. The number of benzene rings is 2. The Balaban J connectivity index is 2.02. The summed E-state index contributed by atoms with van der Waals surface area (Å²) in [6, 6.07) is 12.8. The van der Waals surface area contributed by atoms with E-state index in [0.717, 1.165) is 24.9 Å². The Morgan fingerprint density at radius 3 is 2.03 bits per heavy atom. The summed E-state index contributed by atoms with van der Waals surface area (Å²) < 4.78 is 27.4. The van der Waals surface area contributed by atoms with Crippen molar-refractivity contribution in [2.24, 2.45) is 0 Å². The Morgan fingerprint density at radius 2 is 1.52 bits per heavy atom. The molecule has 29 heavy (non-hydrogen) atoms. The summed E-state index contributed by atoms with van der Waals surface area (Å²) in [6.45, 7) is 6.97. The number of carbonyl (C=O) groups excluding carboxylic acids is 2. The number of rotatable bonds is 10. The Labute approximate surface area is 173 Å². The van der Waals surface area contributed by atoms with Crippen molar-refractivity contribution in [1.29, 1.82) is 0 Å². The maximum absolute atomic E-state index is 12.6. The summed E-state index contributed by atoms with van der Waals surface area (Å²) in [4.78, 5) is 25.8. The predicted molar refractivity (Wildman–Crippen MR) is 113 cm³/mol. The number of carbonyl (C=O) groups is 2. The van der Waals surface area contributed by atoms with Crippen molar-refractivity contribution in [3.63, 3.8) is 0 Å². The van der Waals surface area contributed by atoms with Crippen LogP contribution >= 0.6 is 0 Å². The highest BCUT2D eigenvalue weighted by Crippen LogP contribution is 2.13. The quantitative estimate of drug-likeness (QED) is 0.600. The maximum Gasteiger partial charge on any atom is 0.253 e. The van der Waals surface area contributed by atoms with Crippen LogP contribution in [0.2, 0.25) is 0 Å². The summed E-state index contributed by atoms with van der Waals surface area (Å²) in [5.41, 5.74) is 1.81. The lowest BCUT2D eigenvalue weighted by Crippen LogP contribution is -2.31.